The molecule has 32 heavy (non-hydrogen) atoms. The Balaban J connectivity index is 1.62. The first-order valence-electron chi connectivity index (χ1n) is 10.6. The number of furan rings is 1. The van der Waals surface area contributed by atoms with Crippen molar-refractivity contribution in [3.8, 4) is 0 Å². The smallest absolute Gasteiger partial charge is 0.243 e. The quantitative estimate of drug-likeness (QED) is 0.541. The van der Waals surface area contributed by atoms with Gasteiger partial charge in [0.05, 0.1) is 23.6 Å². The lowest BCUT2D eigenvalue weighted by molar-refractivity contribution is -0.132. The standard InChI is InChI=1S/C22H29N3O5S2/c1-31-14-11-20(22(27)23-15-18-8-6-13-30-18)24-21(26)17-7-5-12-25(16-17)32(28,29)19-9-3-2-4-10-19/h2-4,6,8-10,13,17,20H,5,7,11-12,14-16H2,1H3,(H,23,27)(H,24,26)/t17-,20-/m0/s1. The first kappa shape index (κ1) is 24.3. The Labute approximate surface area is 193 Å². The highest BCUT2D eigenvalue weighted by atomic mass is 32.2. The summed E-state index contributed by atoms with van der Waals surface area (Å²) in [5.74, 6) is 0.253. The minimum atomic E-state index is -3.66. The van der Waals surface area contributed by atoms with Gasteiger partial charge >= 0.3 is 0 Å². The van der Waals surface area contributed by atoms with Crippen LogP contribution in [0.4, 0.5) is 0 Å². The first-order valence-corrected chi connectivity index (χ1v) is 13.4. The van der Waals surface area contributed by atoms with E-state index >= 15 is 0 Å². The number of nitrogens with zero attached hydrogens (tertiary/aromatic N) is 1. The van der Waals surface area contributed by atoms with Crippen LogP contribution in [0.5, 0.6) is 0 Å². The predicted octanol–water partition coefficient (Wildman–Crippen LogP) is 2.23. The lowest BCUT2D eigenvalue weighted by Crippen LogP contribution is -2.51. The van der Waals surface area contributed by atoms with Gasteiger partial charge < -0.3 is 15.1 Å². The molecule has 1 aliphatic heterocycles. The number of benzene rings is 1. The predicted molar refractivity (Wildman–Crippen MR) is 123 cm³/mol. The largest absolute Gasteiger partial charge is 0.467 e. The van der Waals surface area contributed by atoms with Crippen LogP contribution >= 0.6 is 11.8 Å². The molecular formula is C22H29N3O5S2. The highest BCUT2D eigenvalue weighted by Gasteiger charge is 2.34. The van der Waals surface area contributed by atoms with Crippen molar-refractivity contribution in [3.63, 3.8) is 0 Å². The van der Waals surface area contributed by atoms with E-state index in [0.29, 0.717) is 37.3 Å². The van der Waals surface area contributed by atoms with Gasteiger partial charge in [-0.15, -0.1) is 0 Å². The normalized spacial score (nSPS) is 18.1. The summed E-state index contributed by atoms with van der Waals surface area (Å²) in [4.78, 5) is 25.9. The molecule has 2 heterocycles. The molecule has 10 heteroatoms. The van der Waals surface area contributed by atoms with E-state index in [1.807, 2.05) is 6.26 Å². The summed E-state index contributed by atoms with van der Waals surface area (Å²) >= 11 is 1.59. The summed E-state index contributed by atoms with van der Waals surface area (Å²) < 4.78 is 32.5. The van der Waals surface area contributed by atoms with Crippen LogP contribution in [0.3, 0.4) is 0 Å². The van der Waals surface area contributed by atoms with E-state index in [2.05, 4.69) is 10.6 Å². The Kier molecular flexibility index (Phi) is 8.77. The zero-order valence-corrected chi connectivity index (χ0v) is 19.7. The third-order valence-electron chi connectivity index (χ3n) is 5.40. The summed E-state index contributed by atoms with van der Waals surface area (Å²) in [7, 11) is -3.66. The van der Waals surface area contributed by atoms with Gasteiger partial charge in [-0.3, -0.25) is 9.59 Å². The number of hydrogen-bond acceptors (Lipinski definition) is 6. The number of thioether (sulfide) groups is 1. The van der Waals surface area contributed by atoms with Gasteiger partial charge in [-0.1, -0.05) is 18.2 Å². The van der Waals surface area contributed by atoms with Gasteiger partial charge in [0, 0.05) is 13.1 Å². The molecule has 1 aromatic carbocycles. The first-order chi connectivity index (χ1) is 15.4. The van der Waals surface area contributed by atoms with Gasteiger partial charge in [0.25, 0.3) is 0 Å². The third-order valence-corrected chi connectivity index (χ3v) is 7.92. The fraction of sp³-hybridized carbons (Fsp3) is 0.455. The van der Waals surface area contributed by atoms with Gasteiger partial charge in [-0.2, -0.15) is 16.1 Å². The van der Waals surface area contributed by atoms with Crippen LogP contribution in [0, 0.1) is 5.92 Å². The Morgan fingerprint density at radius 2 is 2.00 bits per heavy atom. The minimum Gasteiger partial charge on any atom is -0.467 e. The van der Waals surface area contributed by atoms with E-state index < -0.39 is 22.0 Å². The number of rotatable bonds is 10. The SMILES string of the molecule is CSCC[C@H](NC(=O)[C@H]1CCCN(S(=O)(=O)c2ccccc2)C1)C(=O)NCc1ccco1. The molecule has 3 rings (SSSR count). The van der Waals surface area contributed by atoms with Gasteiger partial charge in [-0.05, 0) is 55.5 Å². The average molecular weight is 480 g/mol. The van der Waals surface area contributed by atoms with Crippen molar-refractivity contribution in [2.45, 2.75) is 36.7 Å². The molecule has 174 valence electrons. The van der Waals surface area contributed by atoms with Crippen LogP contribution in [0.25, 0.3) is 0 Å². The van der Waals surface area contributed by atoms with E-state index in [9.17, 15) is 18.0 Å². The van der Waals surface area contributed by atoms with Crippen LogP contribution in [-0.4, -0.2) is 55.7 Å². The molecule has 1 fully saturated rings. The van der Waals surface area contributed by atoms with E-state index in [4.69, 9.17) is 4.42 Å². The lowest BCUT2D eigenvalue weighted by atomic mass is 9.98. The zero-order chi connectivity index (χ0) is 23.0. The van der Waals surface area contributed by atoms with Crippen molar-refractivity contribution in [1.29, 1.82) is 0 Å². The third kappa shape index (κ3) is 6.36. The monoisotopic (exact) mass is 479 g/mol. The summed E-state index contributed by atoms with van der Waals surface area (Å²) in [6, 6.07) is 11.0. The molecule has 0 saturated carbocycles. The van der Waals surface area contributed by atoms with Crippen molar-refractivity contribution in [1.82, 2.24) is 14.9 Å². The molecule has 1 saturated heterocycles. The second-order valence-electron chi connectivity index (χ2n) is 7.66. The zero-order valence-electron chi connectivity index (χ0n) is 18.0. The Morgan fingerprint density at radius 3 is 2.69 bits per heavy atom. The fourth-order valence-electron chi connectivity index (χ4n) is 3.62. The Morgan fingerprint density at radius 1 is 1.22 bits per heavy atom. The molecule has 2 atom stereocenters. The van der Waals surface area contributed by atoms with Crippen LogP contribution in [0.15, 0.2) is 58.0 Å². The highest BCUT2D eigenvalue weighted by molar-refractivity contribution is 7.98. The van der Waals surface area contributed by atoms with Gasteiger partial charge in [0.2, 0.25) is 21.8 Å². The van der Waals surface area contributed by atoms with Crippen molar-refractivity contribution in [3.05, 3.63) is 54.5 Å². The van der Waals surface area contributed by atoms with E-state index in [1.54, 1.807) is 54.2 Å². The number of hydrogen-bond donors (Lipinski definition) is 2. The van der Waals surface area contributed by atoms with Gasteiger partial charge in [-0.25, -0.2) is 8.42 Å². The van der Waals surface area contributed by atoms with Crippen LogP contribution in [-0.2, 0) is 26.2 Å². The molecule has 2 aromatic rings. The maximum atomic E-state index is 13.0. The molecule has 8 nitrogen and oxygen atoms in total. The lowest BCUT2D eigenvalue weighted by Gasteiger charge is -2.32. The van der Waals surface area contributed by atoms with Crippen molar-refractivity contribution < 1.29 is 22.4 Å². The van der Waals surface area contributed by atoms with Crippen molar-refractivity contribution in [2.75, 3.05) is 25.1 Å². The molecule has 0 aliphatic carbocycles. The topological polar surface area (TPSA) is 109 Å². The average Bonchev–Trinajstić information content (AvgIpc) is 3.34. The molecular weight excluding hydrogens is 450 g/mol. The van der Waals surface area contributed by atoms with Crippen LogP contribution < -0.4 is 10.6 Å². The summed E-state index contributed by atoms with van der Waals surface area (Å²) in [5.41, 5.74) is 0. The van der Waals surface area contributed by atoms with Gasteiger partial charge in [0.1, 0.15) is 11.8 Å². The number of carbonyl (C=O) groups is 2. The summed E-state index contributed by atoms with van der Waals surface area (Å²) in [5, 5.41) is 5.64. The minimum absolute atomic E-state index is 0.103. The number of amides is 2. The summed E-state index contributed by atoms with van der Waals surface area (Å²) in [6.45, 7) is 0.719. The molecule has 0 radical (unpaired) electrons. The number of piperidine rings is 1. The molecule has 2 N–H and O–H groups in total. The number of sulfonamides is 1. The maximum Gasteiger partial charge on any atom is 0.243 e. The van der Waals surface area contributed by atoms with Crippen molar-refractivity contribution >= 4 is 33.6 Å². The molecule has 0 unspecified atom stereocenters. The van der Waals surface area contributed by atoms with Crippen LogP contribution in [0.1, 0.15) is 25.0 Å². The molecule has 0 bridgehead atoms. The van der Waals surface area contributed by atoms with Gasteiger partial charge in [0.15, 0.2) is 0 Å². The molecule has 1 aliphatic rings. The maximum absolute atomic E-state index is 13.0. The Bertz CT molecular complexity index is 980. The second-order valence-corrected chi connectivity index (χ2v) is 10.6. The fourth-order valence-corrected chi connectivity index (χ4v) is 5.64. The summed E-state index contributed by atoms with van der Waals surface area (Å²) in [6.07, 6.45) is 5.12. The number of nitrogens with one attached hydrogen (secondary N) is 2. The second kappa shape index (κ2) is 11.5. The highest BCUT2D eigenvalue weighted by Crippen LogP contribution is 2.24. The number of carbonyl (C=O) groups excluding carboxylic acids is 2. The molecule has 0 spiro atoms. The van der Waals surface area contributed by atoms with E-state index in [1.165, 1.54) is 10.6 Å². The Hall–Kier alpha value is -2.30. The van der Waals surface area contributed by atoms with E-state index in [-0.39, 0.29) is 29.8 Å². The molecule has 1 aromatic heterocycles. The van der Waals surface area contributed by atoms with Crippen LogP contribution in [0.2, 0.25) is 0 Å². The van der Waals surface area contributed by atoms with Crippen molar-refractivity contribution in [2.24, 2.45) is 5.92 Å². The van der Waals surface area contributed by atoms with E-state index in [0.717, 1.165) is 0 Å². The molecule has 2 amide bonds.